The minimum absolute atomic E-state index is 0.0719. The third-order valence-corrected chi connectivity index (χ3v) is 3.37. The first kappa shape index (κ1) is 14.2. The predicted molar refractivity (Wildman–Crippen MR) is 82.7 cm³/mol. The van der Waals surface area contributed by atoms with E-state index in [9.17, 15) is 4.79 Å². The number of aromatic nitrogens is 3. The van der Waals surface area contributed by atoms with Crippen LogP contribution in [0.4, 0.5) is 0 Å². The number of benzene rings is 1. The molecule has 0 amide bonds. The summed E-state index contributed by atoms with van der Waals surface area (Å²) in [4.78, 5) is 16.2. The second-order valence-electron chi connectivity index (χ2n) is 4.92. The standard InChI is InChI=1S/C16H17N3O3/c1-12-11-15(20)19-8-7-18(16(19)17-12)9-10-22-14-5-3-13(21-2)4-6-14/h3-8,11H,9-10H2,1-2H3. The van der Waals surface area contributed by atoms with Crippen LogP contribution in [0.2, 0.25) is 0 Å². The van der Waals surface area contributed by atoms with Crippen molar-refractivity contribution in [3.8, 4) is 11.5 Å². The van der Waals surface area contributed by atoms with Gasteiger partial charge < -0.3 is 14.0 Å². The Morgan fingerprint density at radius 1 is 1.14 bits per heavy atom. The SMILES string of the molecule is COc1ccc(OCCn2ccn3c(=O)cc(C)nc23)cc1. The summed E-state index contributed by atoms with van der Waals surface area (Å²) >= 11 is 0. The minimum atomic E-state index is -0.0719. The molecule has 0 aliphatic rings. The summed E-state index contributed by atoms with van der Waals surface area (Å²) in [5, 5.41) is 0. The number of hydrogen-bond acceptors (Lipinski definition) is 4. The van der Waals surface area contributed by atoms with Crippen LogP contribution >= 0.6 is 0 Å². The Morgan fingerprint density at radius 2 is 1.86 bits per heavy atom. The number of ether oxygens (including phenoxy) is 2. The maximum absolute atomic E-state index is 11.8. The van der Waals surface area contributed by atoms with Crippen molar-refractivity contribution in [1.29, 1.82) is 0 Å². The van der Waals surface area contributed by atoms with Gasteiger partial charge in [-0.05, 0) is 31.2 Å². The number of hydrogen-bond donors (Lipinski definition) is 0. The average Bonchev–Trinajstić information content (AvgIpc) is 2.91. The lowest BCUT2D eigenvalue weighted by Crippen LogP contribution is -2.15. The van der Waals surface area contributed by atoms with Gasteiger partial charge in [-0.3, -0.25) is 9.20 Å². The highest BCUT2D eigenvalue weighted by molar-refractivity contribution is 5.32. The second kappa shape index (κ2) is 5.93. The highest BCUT2D eigenvalue weighted by atomic mass is 16.5. The van der Waals surface area contributed by atoms with Gasteiger partial charge in [-0.25, -0.2) is 4.98 Å². The van der Waals surface area contributed by atoms with E-state index >= 15 is 0 Å². The van der Waals surface area contributed by atoms with Crippen molar-refractivity contribution in [3.63, 3.8) is 0 Å². The zero-order valence-corrected chi connectivity index (χ0v) is 12.5. The van der Waals surface area contributed by atoms with E-state index in [2.05, 4.69) is 4.98 Å². The zero-order chi connectivity index (χ0) is 15.5. The van der Waals surface area contributed by atoms with Gasteiger partial charge in [0.25, 0.3) is 5.56 Å². The van der Waals surface area contributed by atoms with Gasteiger partial charge in [-0.1, -0.05) is 0 Å². The monoisotopic (exact) mass is 299 g/mol. The van der Waals surface area contributed by atoms with Crippen LogP contribution in [0.1, 0.15) is 5.69 Å². The summed E-state index contributed by atoms with van der Waals surface area (Å²) in [5.74, 6) is 2.20. The normalized spacial score (nSPS) is 10.8. The van der Waals surface area contributed by atoms with Crippen LogP contribution in [0.25, 0.3) is 5.78 Å². The van der Waals surface area contributed by atoms with Crippen molar-refractivity contribution < 1.29 is 9.47 Å². The highest BCUT2D eigenvalue weighted by Crippen LogP contribution is 2.17. The Balaban J connectivity index is 1.70. The molecule has 2 heterocycles. The summed E-state index contributed by atoms with van der Waals surface area (Å²) in [6, 6.07) is 8.94. The van der Waals surface area contributed by atoms with E-state index < -0.39 is 0 Å². The first-order valence-corrected chi connectivity index (χ1v) is 6.99. The summed E-state index contributed by atoms with van der Waals surface area (Å²) in [6.45, 7) is 2.91. The predicted octanol–water partition coefficient (Wildman–Crippen LogP) is 1.89. The van der Waals surface area contributed by atoms with E-state index in [-0.39, 0.29) is 5.56 Å². The molecule has 3 rings (SSSR count). The summed E-state index contributed by atoms with van der Waals surface area (Å²) in [7, 11) is 1.63. The largest absolute Gasteiger partial charge is 0.497 e. The van der Waals surface area contributed by atoms with Gasteiger partial charge in [0.15, 0.2) is 0 Å². The quantitative estimate of drug-likeness (QED) is 0.722. The molecule has 0 unspecified atom stereocenters. The van der Waals surface area contributed by atoms with Crippen molar-refractivity contribution in [3.05, 3.63) is 58.8 Å². The molecule has 0 saturated heterocycles. The van der Waals surface area contributed by atoms with Crippen molar-refractivity contribution in [2.45, 2.75) is 13.5 Å². The van der Waals surface area contributed by atoms with Gasteiger partial charge in [0, 0.05) is 24.2 Å². The molecule has 0 N–H and O–H groups in total. The first-order valence-electron chi connectivity index (χ1n) is 6.99. The fourth-order valence-corrected chi connectivity index (χ4v) is 2.26. The fraction of sp³-hybridized carbons (Fsp3) is 0.250. The molecule has 6 heteroatoms. The molecule has 1 aromatic carbocycles. The fourth-order valence-electron chi connectivity index (χ4n) is 2.26. The van der Waals surface area contributed by atoms with Crippen LogP contribution in [0.15, 0.2) is 47.5 Å². The van der Waals surface area contributed by atoms with Crippen LogP contribution in [0, 0.1) is 6.92 Å². The maximum atomic E-state index is 11.8. The summed E-state index contributed by atoms with van der Waals surface area (Å²) < 4.78 is 14.2. The van der Waals surface area contributed by atoms with Crippen molar-refractivity contribution in [2.75, 3.05) is 13.7 Å². The van der Waals surface area contributed by atoms with Crippen molar-refractivity contribution in [1.82, 2.24) is 14.0 Å². The number of fused-ring (bicyclic) bond motifs is 1. The molecule has 0 aliphatic heterocycles. The van der Waals surface area contributed by atoms with E-state index in [0.717, 1.165) is 11.5 Å². The third-order valence-electron chi connectivity index (χ3n) is 3.37. The van der Waals surface area contributed by atoms with Gasteiger partial charge in [-0.15, -0.1) is 0 Å². The molecule has 114 valence electrons. The van der Waals surface area contributed by atoms with Crippen LogP contribution in [-0.2, 0) is 6.54 Å². The Labute approximate surface area is 127 Å². The van der Waals surface area contributed by atoms with Crippen molar-refractivity contribution in [2.24, 2.45) is 0 Å². The highest BCUT2D eigenvalue weighted by Gasteiger charge is 2.05. The Bertz CT molecular complexity index is 834. The van der Waals surface area contributed by atoms with E-state index in [1.54, 1.807) is 13.3 Å². The third kappa shape index (κ3) is 2.81. The number of methoxy groups -OCH3 is 1. The lowest BCUT2D eigenvalue weighted by atomic mass is 10.3. The van der Waals surface area contributed by atoms with Gasteiger partial charge in [0.2, 0.25) is 5.78 Å². The number of nitrogens with zero attached hydrogens (tertiary/aromatic N) is 3. The molecular formula is C16H17N3O3. The number of imidazole rings is 1. The maximum Gasteiger partial charge on any atom is 0.259 e. The molecule has 0 fully saturated rings. The van der Waals surface area contributed by atoms with E-state index in [0.29, 0.717) is 24.6 Å². The van der Waals surface area contributed by atoms with Gasteiger partial charge >= 0.3 is 0 Å². The molecule has 0 spiro atoms. The summed E-state index contributed by atoms with van der Waals surface area (Å²) in [5.41, 5.74) is 0.637. The van der Waals surface area contributed by atoms with E-state index in [1.165, 1.54) is 10.5 Å². The Hall–Kier alpha value is -2.76. The van der Waals surface area contributed by atoms with E-state index in [1.807, 2.05) is 42.0 Å². The Kier molecular flexibility index (Phi) is 3.82. The molecule has 2 aromatic heterocycles. The second-order valence-corrected chi connectivity index (χ2v) is 4.92. The molecule has 3 aromatic rings. The average molecular weight is 299 g/mol. The molecular weight excluding hydrogens is 282 g/mol. The van der Waals surface area contributed by atoms with Crippen LogP contribution in [0.3, 0.4) is 0 Å². The van der Waals surface area contributed by atoms with E-state index in [4.69, 9.17) is 9.47 Å². The Morgan fingerprint density at radius 3 is 2.59 bits per heavy atom. The topological polar surface area (TPSA) is 57.8 Å². The molecule has 6 nitrogen and oxygen atoms in total. The smallest absolute Gasteiger partial charge is 0.259 e. The molecule has 0 bridgehead atoms. The van der Waals surface area contributed by atoms with Crippen LogP contribution < -0.4 is 15.0 Å². The minimum Gasteiger partial charge on any atom is -0.497 e. The van der Waals surface area contributed by atoms with Crippen LogP contribution in [0.5, 0.6) is 11.5 Å². The molecule has 0 aliphatic carbocycles. The first-order chi connectivity index (χ1) is 10.7. The molecule has 22 heavy (non-hydrogen) atoms. The van der Waals surface area contributed by atoms with Gasteiger partial charge in [0.05, 0.1) is 13.7 Å². The lowest BCUT2D eigenvalue weighted by Gasteiger charge is -2.08. The number of aryl methyl sites for hydroxylation is 1. The van der Waals surface area contributed by atoms with Gasteiger partial charge in [-0.2, -0.15) is 0 Å². The molecule has 0 radical (unpaired) electrons. The summed E-state index contributed by atoms with van der Waals surface area (Å²) in [6.07, 6.45) is 3.55. The van der Waals surface area contributed by atoms with Crippen LogP contribution in [-0.4, -0.2) is 27.7 Å². The van der Waals surface area contributed by atoms with Gasteiger partial charge in [0.1, 0.15) is 18.1 Å². The zero-order valence-electron chi connectivity index (χ0n) is 12.5. The molecule has 0 saturated carbocycles. The lowest BCUT2D eigenvalue weighted by molar-refractivity contribution is 0.299. The molecule has 0 atom stereocenters. The number of rotatable bonds is 5. The van der Waals surface area contributed by atoms with Crippen molar-refractivity contribution >= 4 is 5.78 Å².